The standard InChI is InChI=1S/C19H13F3N6OS/c20-19(21,22)14-3-1-2-13(6-14)18-27-15(9-30-18)17(29)25-8-12-4-5-16(24-7-12)28-11-23-10-26-28/h1-7,9-11H,8H2,(H,25,29). The number of amides is 1. The lowest BCUT2D eigenvalue weighted by molar-refractivity contribution is -0.137. The summed E-state index contributed by atoms with van der Waals surface area (Å²) in [6.07, 6.45) is 0.0860. The first-order chi connectivity index (χ1) is 14.4. The van der Waals surface area contributed by atoms with Gasteiger partial charge in [-0.05, 0) is 23.8 Å². The molecule has 1 N–H and O–H groups in total. The molecule has 30 heavy (non-hydrogen) atoms. The average molecular weight is 430 g/mol. The van der Waals surface area contributed by atoms with Gasteiger partial charge in [-0.1, -0.05) is 18.2 Å². The Morgan fingerprint density at radius 2 is 2.07 bits per heavy atom. The highest BCUT2D eigenvalue weighted by molar-refractivity contribution is 7.13. The Bertz CT molecular complexity index is 1160. The van der Waals surface area contributed by atoms with E-state index in [1.54, 1.807) is 18.3 Å². The van der Waals surface area contributed by atoms with E-state index in [0.717, 1.165) is 29.0 Å². The summed E-state index contributed by atoms with van der Waals surface area (Å²) in [6, 6.07) is 8.38. The molecular weight excluding hydrogens is 417 g/mol. The summed E-state index contributed by atoms with van der Waals surface area (Å²) in [5.74, 6) is 0.164. The molecule has 0 aliphatic heterocycles. The lowest BCUT2D eigenvalue weighted by atomic mass is 10.1. The minimum Gasteiger partial charge on any atom is -0.347 e. The van der Waals surface area contributed by atoms with Gasteiger partial charge < -0.3 is 5.32 Å². The Labute approximate surface area is 172 Å². The quantitative estimate of drug-likeness (QED) is 0.521. The second-order valence-electron chi connectivity index (χ2n) is 6.16. The van der Waals surface area contributed by atoms with Crippen LogP contribution in [-0.4, -0.2) is 30.6 Å². The number of benzene rings is 1. The molecule has 0 fully saturated rings. The van der Waals surface area contributed by atoms with Crippen molar-refractivity contribution in [3.8, 4) is 16.4 Å². The van der Waals surface area contributed by atoms with Gasteiger partial charge >= 0.3 is 6.18 Å². The molecule has 0 spiro atoms. The number of thiazole rings is 1. The minimum absolute atomic E-state index is 0.139. The molecule has 0 saturated heterocycles. The molecule has 0 atom stereocenters. The van der Waals surface area contributed by atoms with E-state index in [4.69, 9.17) is 0 Å². The Morgan fingerprint density at radius 3 is 2.77 bits per heavy atom. The van der Waals surface area contributed by atoms with E-state index >= 15 is 0 Å². The van der Waals surface area contributed by atoms with Gasteiger partial charge in [-0.3, -0.25) is 4.79 Å². The molecule has 4 rings (SSSR count). The largest absolute Gasteiger partial charge is 0.416 e. The van der Waals surface area contributed by atoms with Crippen LogP contribution in [0.1, 0.15) is 21.6 Å². The highest BCUT2D eigenvalue weighted by Gasteiger charge is 2.30. The number of hydrogen-bond donors (Lipinski definition) is 1. The van der Waals surface area contributed by atoms with Crippen molar-refractivity contribution in [1.82, 2.24) is 30.0 Å². The zero-order valence-corrected chi connectivity index (χ0v) is 16.0. The Hall–Kier alpha value is -3.60. The summed E-state index contributed by atoms with van der Waals surface area (Å²) in [6.45, 7) is 0.222. The maximum atomic E-state index is 12.9. The van der Waals surface area contributed by atoms with Crippen LogP contribution in [0, 0.1) is 0 Å². The highest BCUT2D eigenvalue weighted by Crippen LogP contribution is 2.33. The SMILES string of the molecule is O=C(NCc1ccc(-n2cncn2)nc1)c1csc(-c2cccc(C(F)(F)F)c2)n1. The van der Waals surface area contributed by atoms with Crippen LogP contribution in [0.15, 0.2) is 60.6 Å². The average Bonchev–Trinajstić information content (AvgIpc) is 3.44. The molecule has 7 nitrogen and oxygen atoms in total. The predicted molar refractivity (Wildman–Crippen MR) is 103 cm³/mol. The summed E-state index contributed by atoms with van der Waals surface area (Å²) in [5, 5.41) is 8.55. The lowest BCUT2D eigenvalue weighted by Crippen LogP contribution is -2.23. The van der Waals surface area contributed by atoms with Crippen molar-refractivity contribution in [2.45, 2.75) is 12.7 Å². The van der Waals surface area contributed by atoms with Crippen LogP contribution in [0.3, 0.4) is 0 Å². The van der Waals surface area contributed by atoms with Gasteiger partial charge in [0.25, 0.3) is 5.91 Å². The maximum Gasteiger partial charge on any atom is 0.416 e. The number of nitrogens with one attached hydrogen (secondary N) is 1. The van der Waals surface area contributed by atoms with Crippen molar-refractivity contribution in [2.24, 2.45) is 0 Å². The molecule has 3 aromatic heterocycles. The van der Waals surface area contributed by atoms with Crippen molar-refractivity contribution in [3.63, 3.8) is 0 Å². The molecule has 1 aromatic carbocycles. The van der Waals surface area contributed by atoms with Crippen molar-refractivity contribution in [2.75, 3.05) is 0 Å². The first kappa shape index (κ1) is 19.7. The molecule has 0 aliphatic carbocycles. The van der Waals surface area contributed by atoms with Gasteiger partial charge in [0.1, 0.15) is 23.4 Å². The Balaban J connectivity index is 1.41. The summed E-state index contributed by atoms with van der Waals surface area (Å²) >= 11 is 1.11. The van der Waals surface area contributed by atoms with E-state index < -0.39 is 17.6 Å². The van der Waals surface area contributed by atoms with E-state index in [2.05, 4.69) is 25.4 Å². The molecule has 11 heteroatoms. The molecule has 4 aromatic rings. The van der Waals surface area contributed by atoms with Crippen LogP contribution >= 0.6 is 11.3 Å². The maximum absolute atomic E-state index is 12.9. The normalized spacial score (nSPS) is 11.4. The van der Waals surface area contributed by atoms with Crippen molar-refractivity contribution in [3.05, 3.63) is 77.5 Å². The number of nitrogens with zero attached hydrogens (tertiary/aromatic N) is 5. The molecule has 1 amide bonds. The van der Waals surface area contributed by atoms with E-state index in [-0.39, 0.29) is 12.2 Å². The van der Waals surface area contributed by atoms with Crippen LogP contribution in [0.25, 0.3) is 16.4 Å². The topological polar surface area (TPSA) is 85.6 Å². The van der Waals surface area contributed by atoms with Crippen molar-refractivity contribution < 1.29 is 18.0 Å². The monoisotopic (exact) mass is 430 g/mol. The summed E-state index contributed by atoms with van der Waals surface area (Å²) in [7, 11) is 0. The van der Waals surface area contributed by atoms with Crippen molar-refractivity contribution >= 4 is 17.2 Å². The van der Waals surface area contributed by atoms with Gasteiger partial charge in [-0.2, -0.15) is 18.3 Å². The zero-order chi connectivity index (χ0) is 21.1. The Kier molecular flexibility index (Phi) is 5.27. The van der Waals surface area contributed by atoms with Crippen molar-refractivity contribution in [1.29, 1.82) is 0 Å². The fourth-order valence-electron chi connectivity index (χ4n) is 2.60. The smallest absolute Gasteiger partial charge is 0.347 e. The van der Waals surface area contributed by atoms with Crippen LogP contribution in [0.5, 0.6) is 0 Å². The molecule has 0 bridgehead atoms. The number of hydrogen-bond acceptors (Lipinski definition) is 6. The number of rotatable bonds is 5. The van der Waals surface area contributed by atoms with Gasteiger partial charge in [0.15, 0.2) is 5.82 Å². The van der Waals surface area contributed by atoms with E-state index in [1.165, 1.54) is 34.8 Å². The number of aromatic nitrogens is 5. The molecule has 152 valence electrons. The molecule has 0 aliphatic rings. The van der Waals surface area contributed by atoms with E-state index in [0.29, 0.717) is 16.4 Å². The van der Waals surface area contributed by atoms with E-state index in [1.807, 2.05) is 0 Å². The van der Waals surface area contributed by atoms with Gasteiger partial charge in [-0.25, -0.2) is 19.6 Å². The number of carbonyl (C=O) groups excluding carboxylic acids is 1. The molecular formula is C19H13F3N6OS. The number of alkyl halides is 3. The number of pyridine rings is 1. The van der Waals surface area contributed by atoms with Crippen LogP contribution in [0.4, 0.5) is 13.2 Å². The molecule has 3 heterocycles. The number of halogens is 3. The van der Waals surface area contributed by atoms with Crippen LogP contribution in [0.2, 0.25) is 0 Å². The minimum atomic E-state index is -4.44. The van der Waals surface area contributed by atoms with Gasteiger partial charge in [0.2, 0.25) is 0 Å². The molecule has 0 saturated carbocycles. The molecule has 0 unspecified atom stereocenters. The molecule has 0 radical (unpaired) electrons. The number of carbonyl (C=O) groups is 1. The van der Waals surface area contributed by atoms with Crippen LogP contribution in [-0.2, 0) is 12.7 Å². The van der Waals surface area contributed by atoms with Gasteiger partial charge in [-0.15, -0.1) is 11.3 Å². The third-order valence-corrected chi connectivity index (χ3v) is 4.98. The third-order valence-electron chi connectivity index (χ3n) is 4.09. The first-order valence-corrected chi connectivity index (χ1v) is 9.49. The summed E-state index contributed by atoms with van der Waals surface area (Å²) in [4.78, 5) is 24.6. The van der Waals surface area contributed by atoms with Crippen LogP contribution < -0.4 is 5.32 Å². The van der Waals surface area contributed by atoms with Gasteiger partial charge in [0, 0.05) is 23.7 Å². The second kappa shape index (κ2) is 8.03. The van der Waals surface area contributed by atoms with Gasteiger partial charge in [0.05, 0.1) is 5.56 Å². The highest BCUT2D eigenvalue weighted by atomic mass is 32.1. The lowest BCUT2D eigenvalue weighted by Gasteiger charge is -2.07. The predicted octanol–water partition coefficient (Wildman–Crippen LogP) is 3.73. The first-order valence-electron chi connectivity index (χ1n) is 8.61. The summed E-state index contributed by atoms with van der Waals surface area (Å²) in [5.41, 5.74) is 0.449. The third kappa shape index (κ3) is 4.35. The fourth-order valence-corrected chi connectivity index (χ4v) is 3.39. The summed E-state index contributed by atoms with van der Waals surface area (Å²) < 4.78 is 40.2. The van der Waals surface area contributed by atoms with E-state index in [9.17, 15) is 18.0 Å². The second-order valence-corrected chi connectivity index (χ2v) is 7.02. The fraction of sp³-hybridized carbons (Fsp3) is 0.105. The Morgan fingerprint density at radius 1 is 1.20 bits per heavy atom. The zero-order valence-electron chi connectivity index (χ0n) is 15.2.